The third kappa shape index (κ3) is 4.84. The smallest absolute Gasteiger partial charge is 0.270 e. The molecule has 25 heavy (non-hydrogen) atoms. The van der Waals surface area contributed by atoms with Crippen molar-refractivity contribution in [2.24, 2.45) is 0 Å². The molecule has 1 amide bonds. The fraction of sp³-hybridized carbons (Fsp3) is 0.105. The maximum atomic E-state index is 12.9. The SMILES string of the molecule is O=C(NCc1ccc(F)cc1)c1ccc(NCc2cccnc2)cn1. The van der Waals surface area contributed by atoms with E-state index in [4.69, 9.17) is 0 Å². The summed E-state index contributed by atoms with van der Waals surface area (Å²) in [5, 5.41) is 5.98. The van der Waals surface area contributed by atoms with Gasteiger partial charge in [-0.1, -0.05) is 18.2 Å². The van der Waals surface area contributed by atoms with Crippen LogP contribution in [0, 0.1) is 5.82 Å². The molecule has 0 aliphatic heterocycles. The van der Waals surface area contributed by atoms with Crippen molar-refractivity contribution in [1.29, 1.82) is 0 Å². The highest BCUT2D eigenvalue weighted by molar-refractivity contribution is 5.92. The number of rotatable bonds is 6. The Balaban J connectivity index is 1.52. The van der Waals surface area contributed by atoms with Gasteiger partial charge < -0.3 is 10.6 Å². The van der Waals surface area contributed by atoms with Crippen molar-refractivity contribution >= 4 is 11.6 Å². The fourth-order valence-corrected chi connectivity index (χ4v) is 2.21. The molecule has 5 nitrogen and oxygen atoms in total. The minimum Gasteiger partial charge on any atom is -0.380 e. The third-order valence-corrected chi connectivity index (χ3v) is 3.58. The standard InChI is InChI=1S/C19H17FN4O/c20-16-5-3-14(4-6-16)11-24-19(25)18-8-7-17(13-23-18)22-12-15-2-1-9-21-10-15/h1-10,13,22H,11-12H2,(H,24,25). The summed E-state index contributed by atoms with van der Waals surface area (Å²) in [6.07, 6.45) is 5.13. The highest BCUT2D eigenvalue weighted by Crippen LogP contribution is 2.09. The van der Waals surface area contributed by atoms with Crippen molar-refractivity contribution in [3.63, 3.8) is 0 Å². The molecular formula is C19H17FN4O. The Morgan fingerprint density at radius 3 is 2.48 bits per heavy atom. The average Bonchev–Trinajstić information content (AvgIpc) is 2.67. The van der Waals surface area contributed by atoms with Crippen LogP contribution in [-0.2, 0) is 13.1 Å². The Morgan fingerprint density at radius 1 is 0.960 bits per heavy atom. The Labute approximate surface area is 145 Å². The van der Waals surface area contributed by atoms with E-state index in [0.717, 1.165) is 16.8 Å². The number of aromatic nitrogens is 2. The van der Waals surface area contributed by atoms with Gasteiger partial charge in [0.25, 0.3) is 5.91 Å². The molecule has 6 heteroatoms. The molecule has 126 valence electrons. The molecule has 0 saturated carbocycles. The molecule has 0 spiro atoms. The number of anilines is 1. The Hall–Kier alpha value is -3.28. The maximum Gasteiger partial charge on any atom is 0.270 e. The molecule has 2 aromatic heterocycles. The highest BCUT2D eigenvalue weighted by Gasteiger charge is 2.07. The molecular weight excluding hydrogens is 319 g/mol. The number of benzene rings is 1. The summed E-state index contributed by atoms with van der Waals surface area (Å²) in [6, 6.07) is 13.3. The Kier molecular flexibility index (Phi) is 5.31. The number of pyridine rings is 2. The quantitative estimate of drug-likeness (QED) is 0.726. The van der Waals surface area contributed by atoms with Crippen LogP contribution in [0.2, 0.25) is 0 Å². The second-order valence-electron chi connectivity index (χ2n) is 5.46. The van der Waals surface area contributed by atoms with E-state index < -0.39 is 0 Å². The lowest BCUT2D eigenvalue weighted by atomic mass is 10.2. The first-order valence-electron chi connectivity index (χ1n) is 7.82. The largest absolute Gasteiger partial charge is 0.380 e. The summed E-state index contributed by atoms with van der Waals surface area (Å²) in [5.41, 5.74) is 3.03. The predicted molar refractivity (Wildman–Crippen MR) is 93.4 cm³/mol. The molecule has 2 heterocycles. The summed E-state index contributed by atoms with van der Waals surface area (Å²) < 4.78 is 12.9. The van der Waals surface area contributed by atoms with Gasteiger partial charge in [-0.05, 0) is 41.5 Å². The second kappa shape index (κ2) is 8.01. The minimum atomic E-state index is -0.300. The number of amides is 1. The molecule has 3 aromatic rings. The summed E-state index contributed by atoms with van der Waals surface area (Å²) in [6.45, 7) is 0.952. The number of nitrogens with zero attached hydrogens (tertiary/aromatic N) is 2. The lowest BCUT2D eigenvalue weighted by molar-refractivity contribution is 0.0946. The van der Waals surface area contributed by atoms with Crippen molar-refractivity contribution < 1.29 is 9.18 Å². The zero-order chi connectivity index (χ0) is 17.5. The second-order valence-corrected chi connectivity index (χ2v) is 5.46. The first kappa shape index (κ1) is 16.6. The van der Waals surface area contributed by atoms with E-state index in [9.17, 15) is 9.18 Å². The summed E-state index contributed by atoms with van der Waals surface area (Å²) in [5.74, 6) is -0.575. The number of halogens is 1. The van der Waals surface area contributed by atoms with Gasteiger partial charge in [-0.3, -0.25) is 9.78 Å². The van der Waals surface area contributed by atoms with Crippen LogP contribution in [0.5, 0.6) is 0 Å². The van der Waals surface area contributed by atoms with Crippen LogP contribution < -0.4 is 10.6 Å². The Morgan fingerprint density at radius 2 is 1.80 bits per heavy atom. The molecule has 0 saturated heterocycles. The van der Waals surface area contributed by atoms with E-state index in [1.54, 1.807) is 42.9 Å². The summed E-state index contributed by atoms with van der Waals surface area (Å²) in [4.78, 5) is 20.3. The van der Waals surface area contributed by atoms with Crippen LogP contribution in [0.15, 0.2) is 67.1 Å². The summed E-state index contributed by atoms with van der Waals surface area (Å²) in [7, 11) is 0. The van der Waals surface area contributed by atoms with Crippen LogP contribution in [0.4, 0.5) is 10.1 Å². The number of carbonyl (C=O) groups excluding carboxylic acids is 1. The number of carbonyl (C=O) groups is 1. The zero-order valence-electron chi connectivity index (χ0n) is 13.4. The van der Waals surface area contributed by atoms with Gasteiger partial charge in [-0.25, -0.2) is 9.37 Å². The first-order chi connectivity index (χ1) is 12.2. The molecule has 0 aliphatic rings. The number of hydrogen-bond donors (Lipinski definition) is 2. The van der Waals surface area contributed by atoms with Gasteiger partial charge in [-0.15, -0.1) is 0 Å². The van der Waals surface area contributed by atoms with Crippen LogP contribution >= 0.6 is 0 Å². The van der Waals surface area contributed by atoms with Crippen molar-refractivity contribution in [2.75, 3.05) is 5.32 Å². The van der Waals surface area contributed by atoms with Crippen LogP contribution in [0.3, 0.4) is 0 Å². The molecule has 0 radical (unpaired) electrons. The van der Waals surface area contributed by atoms with Crippen molar-refractivity contribution in [3.05, 3.63) is 89.8 Å². The topological polar surface area (TPSA) is 66.9 Å². The van der Waals surface area contributed by atoms with Gasteiger partial charge in [0, 0.05) is 25.5 Å². The monoisotopic (exact) mass is 336 g/mol. The molecule has 0 atom stereocenters. The third-order valence-electron chi connectivity index (χ3n) is 3.58. The average molecular weight is 336 g/mol. The maximum absolute atomic E-state index is 12.9. The Bertz CT molecular complexity index is 820. The number of hydrogen-bond acceptors (Lipinski definition) is 4. The molecule has 0 bridgehead atoms. The molecule has 1 aromatic carbocycles. The van der Waals surface area contributed by atoms with Gasteiger partial charge in [0.1, 0.15) is 11.5 Å². The molecule has 0 fully saturated rings. The molecule has 0 unspecified atom stereocenters. The van der Waals surface area contributed by atoms with Crippen molar-refractivity contribution in [1.82, 2.24) is 15.3 Å². The van der Waals surface area contributed by atoms with Crippen molar-refractivity contribution in [2.45, 2.75) is 13.1 Å². The van der Waals surface area contributed by atoms with E-state index >= 15 is 0 Å². The molecule has 0 aliphatic carbocycles. The van der Waals surface area contributed by atoms with Gasteiger partial charge in [0.05, 0.1) is 11.9 Å². The minimum absolute atomic E-state index is 0.275. The predicted octanol–water partition coefficient (Wildman–Crippen LogP) is 3.16. The van der Waals surface area contributed by atoms with Crippen LogP contribution in [-0.4, -0.2) is 15.9 Å². The fourth-order valence-electron chi connectivity index (χ4n) is 2.21. The van der Waals surface area contributed by atoms with Gasteiger partial charge in [0.15, 0.2) is 0 Å². The highest BCUT2D eigenvalue weighted by atomic mass is 19.1. The van der Waals surface area contributed by atoms with Crippen LogP contribution in [0.25, 0.3) is 0 Å². The van der Waals surface area contributed by atoms with E-state index in [0.29, 0.717) is 18.8 Å². The van der Waals surface area contributed by atoms with E-state index in [-0.39, 0.29) is 11.7 Å². The molecule has 2 N–H and O–H groups in total. The van der Waals surface area contributed by atoms with Crippen LogP contribution in [0.1, 0.15) is 21.6 Å². The van der Waals surface area contributed by atoms with Gasteiger partial charge >= 0.3 is 0 Å². The van der Waals surface area contributed by atoms with Gasteiger partial charge in [-0.2, -0.15) is 0 Å². The van der Waals surface area contributed by atoms with E-state index in [1.165, 1.54) is 12.1 Å². The zero-order valence-corrected chi connectivity index (χ0v) is 13.4. The lowest BCUT2D eigenvalue weighted by Crippen LogP contribution is -2.23. The van der Waals surface area contributed by atoms with Gasteiger partial charge in [0.2, 0.25) is 0 Å². The number of nitrogens with one attached hydrogen (secondary N) is 2. The summed E-state index contributed by atoms with van der Waals surface area (Å²) >= 11 is 0. The van der Waals surface area contributed by atoms with E-state index in [1.807, 2.05) is 12.1 Å². The van der Waals surface area contributed by atoms with E-state index in [2.05, 4.69) is 20.6 Å². The molecule has 3 rings (SSSR count). The normalized spacial score (nSPS) is 10.3. The van der Waals surface area contributed by atoms with Crippen molar-refractivity contribution in [3.8, 4) is 0 Å². The first-order valence-corrected chi connectivity index (χ1v) is 7.82. The lowest BCUT2D eigenvalue weighted by Gasteiger charge is -2.08.